The largest absolute Gasteiger partial charge is 0.497 e. The molecule has 1 atom stereocenters. The summed E-state index contributed by atoms with van der Waals surface area (Å²) in [5, 5.41) is 3.39. The molecular weight excluding hydrogens is 477 g/mol. The molecule has 0 aliphatic carbocycles. The molecule has 9 heteroatoms. The van der Waals surface area contributed by atoms with Gasteiger partial charge in [0.15, 0.2) is 0 Å². The number of amides is 4. The Balaban J connectivity index is 1.63. The maximum Gasteiger partial charge on any atom is 0.322 e. The van der Waals surface area contributed by atoms with Crippen LogP contribution in [0.25, 0.3) is 0 Å². The van der Waals surface area contributed by atoms with Crippen LogP contribution in [0.2, 0.25) is 10.0 Å². The summed E-state index contributed by atoms with van der Waals surface area (Å²) in [5.74, 6) is -0.171. The molecule has 0 radical (unpaired) electrons. The molecule has 1 heterocycles. The molecule has 0 unspecified atom stereocenters. The second kappa shape index (κ2) is 10.2. The number of rotatable bonds is 6. The van der Waals surface area contributed by atoms with Gasteiger partial charge in [-0.2, -0.15) is 0 Å². The van der Waals surface area contributed by atoms with Gasteiger partial charge < -0.3 is 15.0 Å². The smallest absolute Gasteiger partial charge is 0.322 e. The van der Waals surface area contributed by atoms with E-state index in [1.165, 1.54) is 11.0 Å². The Kier molecular flexibility index (Phi) is 7.05. The van der Waals surface area contributed by atoms with Crippen molar-refractivity contribution in [3.05, 3.63) is 88.4 Å². The van der Waals surface area contributed by atoms with Crippen LogP contribution in [0.4, 0.5) is 16.2 Å². The normalized spacial score (nSPS) is 15.4. The molecule has 1 aliphatic rings. The van der Waals surface area contributed by atoms with E-state index in [9.17, 15) is 14.4 Å². The zero-order valence-electron chi connectivity index (χ0n) is 18.2. The van der Waals surface area contributed by atoms with Crippen LogP contribution >= 0.6 is 23.2 Å². The van der Waals surface area contributed by atoms with Gasteiger partial charge in [-0.1, -0.05) is 53.5 Å². The van der Waals surface area contributed by atoms with Crippen LogP contribution in [0, 0.1) is 0 Å². The third kappa shape index (κ3) is 5.00. The number of benzene rings is 3. The molecular formula is C25H21Cl2N3O4. The Morgan fingerprint density at radius 2 is 1.74 bits per heavy atom. The van der Waals surface area contributed by atoms with Crippen LogP contribution in [-0.2, 0) is 16.1 Å². The lowest BCUT2D eigenvalue weighted by atomic mass is 10.1. The topological polar surface area (TPSA) is 79.0 Å². The zero-order valence-corrected chi connectivity index (χ0v) is 19.7. The molecule has 4 amide bonds. The number of nitrogens with one attached hydrogen (secondary N) is 1. The van der Waals surface area contributed by atoms with Crippen molar-refractivity contribution in [2.45, 2.75) is 19.0 Å². The van der Waals surface area contributed by atoms with Crippen molar-refractivity contribution in [3.8, 4) is 5.75 Å². The molecule has 1 aliphatic heterocycles. The maximum atomic E-state index is 13.4. The number of carbonyl (C=O) groups is 3. The van der Waals surface area contributed by atoms with E-state index in [1.807, 2.05) is 0 Å². The van der Waals surface area contributed by atoms with Crippen LogP contribution in [-0.4, -0.2) is 35.9 Å². The highest BCUT2D eigenvalue weighted by molar-refractivity contribution is 6.42. The van der Waals surface area contributed by atoms with Crippen molar-refractivity contribution in [1.29, 1.82) is 0 Å². The van der Waals surface area contributed by atoms with E-state index < -0.39 is 18.0 Å². The number of para-hydroxylation sites is 1. The SMILES string of the molecule is COc1ccc(CN(C(=O)Nc2ccc(Cl)c(Cl)c2)[C@H]2CC(=O)N(c3ccccc3)C2=O)cc1. The van der Waals surface area contributed by atoms with Crippen molar-refractivity contribution in [2.24, 2.45) is 0 Å². The number of anilines is 2. The molecule has 0 saturated carbocycles. The van der Waals surface area contributed by atoms with Crippen molar-refractivity contribution < 1.29 is 19.1 Å². The van der Waals surface area contributed by atoms with E-state index in [4.69, 9.17) is 27.9 Å². The van der Waals surface area contributed by atoms with Gasteiger partial charge in [-0.25, -0.2) is 9.69 Å². The lowest BCUT2D eigenvalue weighted by Gasteiger charge is -2.28. The molecule has 174 valence electrons. The van der Waals surface area contributed by atoms with Gasteiger partial charge in [-0.05, 0) is 48.0 Å². The fraction of sp³-hybridized carbons (Fsp3) is 0.160. The van der Waals surface area contributed by atoms with Gasteiger partial charge in [0.25, 0.3) is 5.91 Å². The molecule has 3 aromatic rings. The van der Waals surface area contributed by atoms with Crippen molar-refractivity contribution in [3.63, 3.8) is 0 Å². The first kappa shape index (κ1) is 23.6. The molecule has 0 spiro atoms. The van der Waals surface area contributed by atoms with Gasteiger partial charge in [-0.15, -0.1) is 0 Å². The third-order valence-electron chi connectivity index (χ3n) is 5.46. The Bertz CT molecular complexity index is 1220. The second-order valence-electron chi connectivity index (χ2n) is 7.66. The van der Waals surface area contributed by atoms with Crippen LogP contribution in [0.3, 0.4) is 0 Å². The van der Waals surface area contributed by atoms with E-state index in [0.717, 1.165) is 10.5 Å². The number of hydrogen-bond donors (Lipinski definition) is 1. The minimum absolute atomic E-state index is 0.101. The van der Waals surface area contributed by atoms with Crippen LogP contribution in [0.5, 0.6) is 5.75 Å². The Morgan fingerprint density at radius 1 is 1.03 bits per heavy atom. The fourth-order valence-corrected chi connectivity index (χ4v) is 4.03. The third-order valence-corrected chi connectivity index (χ3v) is 6.20. The van der Waals surface area contributed by atoms with Crippen LogP contribution < -0.4 is 15.0 Å². The van der Waals surface area contributed by atoms with Crippen molar-refractivity contribution in [2.75, 3.05) is 17.3 Å². The molecule has 1 N–H and O–H groups in total. The number of carbonyl (C=O) groups excluding carboxylic acids is 3. The molecule has 0 aromatic heterocycles. The summed E-state index contributed by atoms with van der Waals surface area (Å²) in [6.07, 6.45) is -0.126. The van der Waals surface area contributed by atoms with Crippen LogP contribution in [0.15, 0.2) is 72.8 Å². The van der Waals surface area contributed by atoms with Gasteiger partial charge in [0, 0.05) is 12.2 Å². The van der Waals surface area contributed by atoms with Gasteiger partial charge >= 0.3 is 6.03 Å². The van der Waals surface area contributed by atoms with Crippen molar-refractivity contribution >= 4 is 52.4 Å². The molecule has 7 nitrogen and oxygen atoms in total. The summed E-state index contributed by atoms with van der Waals surface area (Å²) < 4.78 is 5.19. The minimum atomic E-state index is -0.974. The first-order chi connectivity index (χ1) is 16.4. The Hall–Kier alpha value is -3.55. The van der Waals surface area contributed by atoms with E-state index >= 15 is 0 Å². The highest BCUT2D eigenvalue weighted by Crippen LogP contribution is 2.29. The number of methoxy groups -OCH3 is 1. The summed E-state index contributed by atoms with van der Waals surface area (Å²) in [6, 6.07) is 19.0. The van der Waals surface area contributed by atoms with Gasteiger partial charge in [-0.3, -0.25) is 9.59 Å². The fourth-order valence-electron chi connectivity index (χ4n) is 3.73. The van der Waals surface area contributed by atoms with Gasteiger partial charge in [0.1, 0.15) is 11.8 Å². The quantitative estimate of drug-likeness (QED) is 0.464. The molecule has 4 rings (SSSR count). The van der Waals surface area contributed by atoms with E-state index in [0.29, 0.717) is 22.1 Å². The summed E-state index contributed by atoms with van der Waals surface area (Å²) in [6.45, 7) is 0.101. The summed E-state index contributed by atoms with van der Waals surface area (Å²) in [5.41, 5.74) is 1.65. The monoisotopic (exact) mass is 497 g/mol. The first-order valence-electron chi connectivity index (χ1n) is 10.4. The average Bonchev–Trinajstić information content (AvgIpc) is 3.14. The maximum absolute atomic E-state index is 13.4. The number of ether oxygens (including phenoxy) is 1. The summed E-state index contributed by atoms with van der Waals surface area (Å²) in [7, 11) is 1.56. The summed E-state index contributed by atoms with van der Waals surface area (Å²) in [4.78, 5) is 42.0. The Morgan fingerprint density at radius 3 is 2.38 bits per heavy atom. The molecule has 1 saturated heterocycles. The van der Waals surface area contributed by atoms with E-state index in [-0.39, 0.29) is 23.9 Å². The predicted octanol–water partition coefficient (Wildman–Crippen LogP) is 5.37. The van der Waals surface area contributed by atoms with Gasteiger partial charge in [0.05, 0.1) is 29.3 Å². The van der Waals surface area contributed by atoms with Gasteiger partial charge in [0.2, 0.25) is 5.91 Å². The number of hydrogen-bond acceptors (Lipinski definition) is 4. The average molecular weight is 498 g/mol. The number of urea groups is 1. The molecule has 0 bridgehead atoms. The lowest BCUT2D eigenvalue weighted by Crippen LogP contribution is -2.46. The first-order valence-corrected chi connectivity index (χ1v) is 11.2. The van der Waals surface area contributed by atoms with E-state index in [1.54, 1.807) is 73.8 Å². The molecule has 1 fully saturated rings. The zero-order chi connectivity index (χ0) is 24.2. The number of halogens is 2. The van der Waals surface area contributed by atoms with Crippen LogP contribution in [0.1, 0.15) is 12.0 Å². The second-order valence-corrected chi connectivity index (χ2v) is 8.47. The standard InChI is InChI=1S/C25H21Cl2N3O4/c1-34-19-10-7-16(8-11-19)15-29(25(33)28-17-9-12-20(26)21(27)13-17)22-14-23(31)30(24(22)32)18-5-3-2-4-6-18/h2-13,22H,14-15H2,1H3,(H,28,33)/t22-/m0/s1. The summed E-state index contributed by atoms with van der Waals surface area (Å²) >= 11 is 12.0. The Labute approximate surface area is 206 Å². The lowest BCUT2D eigenvalue weighted by molar-refractivity contribution is -0.122. The van der Waals surface area contributed by atoms with Crippen molar-refractivity contribution in [1.82, 2.24) is 4.90 Å². The number of nitrogens with zero attached hydrogens (tertiary/aromatic N) is 2. The highest BCUT2D eigenvalue weighted by Gasteiger charge is 2.44. The molecule has 34 heavy (non-hydrogen) atoms. The highest BCUT2D eigenvalue weighted by atomic mass is 35.5. The molecule has 3 aromatic carbocycles. The predicted molar refractivity (Wildman–Crippen MR) is 131 cm³/mol. The minimum Gasteiger partial charge on any atom is -0.497 e. The van der Waals surface area contributed by atoms with E-state index in [2.05, 4.69) is 5.32 Å². The number of imide groups is 1.